The van der Waals surface area contributed by atoms with E-state index in [1.165, 1.54) is 0 Å². The SMILES string of the molecule is Oc1ccccc1C=NCCN=Cc1ccccc1O.[Sc]. The van der Waals surface area contributed by atoms with Gasteiger partial charge in [0, 0.05) is 49.4 Å². The van der Waals surface area contributed by atoms with E-state index < -0.39 is 0 Å². The summed E-state index contributed by atoms with van der Waals surface area (Å²) in [7, 11) is 0. The first kappa shape index (κ1) is 17.3. The quantitative estimate of drug-likeness (QED) is 0.658. The van der Waals surface area contributed by atoms with Gasteiger partial charge in [0.1, 0.15) is 11.5 Å². The standard InChI is InChI=1S/C16H16N2O2.Sc/c19-15-7-3-1-5-13(15)11-17-9-10-18-12-14-6-2-4-8-16(14)20;/h1-8,11-12,19-20H,9-10H2;. The van der Waals surface area contributed by atoms with Crippen molar-refractivity contribution in [1.29, 1.82) is 0 Å². The van der Waals surface area contributed by atoms with Crippen LogP contribution >= 0.6 is 0 Å². The van der Waals surface area contributed by atoms with E-state index in [0.717, 1.165) is 0 Å². The van der Waals surface area contributed by atoms with Gasteiger partial charge in [-0.25, -0.2) is 0 Å². The number of nitrogens with zero attached hydrogens (tertiary/aromatic N) is 2. The van der Waals surface area contributed by atoms with Gasteiger partial charge in [0.15, 0.2) is 0 Å². The molecule has 105 valence electrons. The third kappa shape index (κ3) is 5.63. The Bertz CT molecular complexity index is 572. The number of aliphatic imine (C=N–C) groups is 2. The van der Waals surface area contributed by atoms with Gasteiger partial charge < -0.3 is 10.2 Å². The summed E-state index contributed by atoms with van der Waals surface area (Å²) in [6, 6.07) is 14.1. The molecule has 0 atom stereocenters. The second-order valence-corrected chi connectivity index (χ2v) is 4.19. The largest absolute Gasteiger partial charge is 0.507 e. The Morgan fingerprint density at radius 2 is 1.10 bits per heavy atom. The van der Waals surface area contributed by atoms with Crippen molar-refractivity contribution in [3.8, 4) is 11.5 Å². The molecule has 0 aliphatic heterocycles. The molecule has 0 amide bonds. The zero-order valence-corrected chi connectivity index (χ0v) is 13.4. The maximum atomic E-state index is 9.54. The van der Waals surface area contributed by atoms with Crippen LogP contribution in [0.5, 0.6) is 11.5 Å². The Hall–Kier alpha value is -1.75. The van der Waals surface area contributed by atoms with E-state index in [1.54, 1.807) is 48.8 Å². The van der Waals surface area contributed by atoms with Gasteiger partial charge in [0.25, 0.3) is 0 Å². The number of rotatable bonds is 5. The Morgan fingerprint density at radius 3 is 1.48 bits per heavy atom. The molecule has 5 heteroatoms. The summed E-state index contributed by atoms with van der Waals surface area (Å²) >= 11 is 0. The van der Waals surface area contributed by atoms with Crippen LogP contribution < -0.4 is 0 Å². The molecule has 2 N–H and O–H groups in total. The summed E-state index contributed by atoms with van der Waals surface area (Å²) in [6.45, 7) is 1.05. The predicted molar refractivity (Wildman–Crippen MR) is 81.1 cm³/mol. The van der Waals surface area contributed by atoms with Crippen LogP contribution in [-0.2, 0) is 25.8 Å². The number of hydrogen-bond donors (Lipinski definition) is 2. The van der Waals surface area contributed by atoms with E-state index in [2.05, 4.69) is 9.98 Å². The fraction of sp³-hybridized carbons (Fsp3) is 0.125. The van der Waals surface area contributed by atoms with Gasteiger partial charge in [-0.05, 0) is 24.3 Å². The molecule has 1 radical (unpaired) electrons. The topological polar surface area (TPSA) is 65.2 Å². The molecule has 0 bridgehead atoms. The van der Waals surface area contributed by atoms with E-state index in [9.17, 15) is 10.2 Å². The molecule has 0 aliphatic carbocycles. The van der Waals surface area contributed by atoms with Crippen LogP contribution in [0.15, 0.2) is 58.5 Å². The van der Waals surface area contributed by atoms with Crippen LogP contribution in [-0.4, -0.2) is 35.7 Å². The number of phenolic OH excluding ortho intramolecular Hbond substituents is 2. The first-order chi connectivity index (χ1) is 9.77. The Morgan fingerprint density at radius 1 is 0.714 bits per heavy atom. The van der Waals surface area contributed by atoms with Gasteiger partial charge >= 0.3 is 0 Å². The second-order valence-electron chi connectivity index (χ2n) is 4.19. The minimum atomic E-state index is 0. The molecule has 2 aromatic carbocycles. The summed E-state index contributed by atoms with van der Waals surface area (Å²) in [4.78, 5) is 8.39. The monoisotopic (exact) mass is 313 g/mol. The predicted octanol–water partition coefficient (Wildman–Crippen LogP) is 2.63. The van der Waals surface area contributed by atoms with E-state index >= 15 is 0 Å². The summed E-state index contributed by atoms with van der Waals surface area (Å²) in [5.41, 5.74) is 1.38. The average molecular weight is 313 g/mol. The van der Waals surface area contributed by atoms with Crippen LogP contribution in [0.3, 0.4) is 0 Å². The molecular formula is C16H16N2O2Sc. The smallest absolute Gasteiger partial charge is 0.124 e. The molecule has 0 heterocycles. The Balaban J connectivity index is 0.00000220. The number of benzene rings is 2. The zero-order chi connectivity index (χ0) is 14.2. The van der Waals surface area contributed by atoms with Crippen molar-refractivity contribution in [3.05, 3.63) is 59.7 Å². The van der Waals surface area contributed by atoms with Crippen molar-refractivity contribution in [2.75, 3.05) is 13.1 Å². The molecule has 0 unspecified atom stereocenters. The number of aromatic hydroxyl groups is 2. The van der Waals surface area contributed by atoms with Gasteiger partial charge in [-0.3, -0.25) is 9.98 Å². The fourth-order valence-electron chi connectivity index (χ4n) is 1.63. The molecule has 21 heavy (non-hydrogen) atoms. The summed E-state index contributed by atoms with van der Waals surface area (Å²) in [5.74, 6) is 0.433. The van der Waals surface area contributed by atoms with Gasteiger partial charge in [0.05, 0.1) is 13.1 Å². The average Bonchev–Trinajstić information content (AvgIpc) is 2.46. The zero-order valence-electron chi connectivity index (χ0n) is 11.6. The Kier molecular flexibility index (Phi) is 7.61. The molecular weight excluding hydrogens is 297 g/mol. The third-order valence-corrected chi connectivity index (χ3v) is 2.69. The molecule has 0 aliphatic rings. The van der Waals surface area contributed by atoms with E-state index in [0.29, 0.717) is 24.2 Å². The van der Waals surface area contributed by atoms with Crippen molar-refractivity contribution in [2.24, 2.45) is 9.98 Å². The maximum absolute atomic E-state index is 9.54. The van der Waals surface area contributed by atoms with Crippen LogP contribution in [0.4, 0.5) is 0 Å². The fourth-order valence-corrected chi connectivity index (χ4v) is 1.63. The van der Waals surface area contributed by atoms with Crippen molar-refractivity contribution in [3.63, 3.8) is 0 Å². The third-order valence-electron chi connectivity index (χ3n) is 2.69. The molecule has 4 nitrogen and oxygen atoms in total. The minimum absolute atomic E-state index is 0. The van der Waals surface area contributed by atoms with Gasteiger partial charge in [0.2, 0.25) is 0 Å². The van der Waals surface area contributed by atoms with Crippen molar-refractivity contribution in [2.45, 2.75) is 0 Å². The summed E-state index contributed by atoms with van der Waals surface area (Å²) in [6.07, 6.45) is 3.26. The van der Waals surface area contributed by atoms with Gasteiger partial charge in [-0.2, -0.15) is 0 Å². The molecule has 0 saturated carbocycles. The van der Waals surface area contributed by atoms with Crippen LogP contribution in [0.1, 0.15) is 11.1 Å². The number of hydrogen-bond acceptors (Lipinski definition) is 4. The second kappa shape index (κ2) is 9.23. The van der Waals surface area contributed by atoms with Crippen LogP contribution in [0, 0.1) is 0 Å². The van der Waals surface area contributed by atoms with Gasteiger partial charge in [-0.15, -0.1) is 0 Å². The van der Waals surface area contributed by atoms with E-state index in [-0.39, 0.29) is 37.3 Å². The normalized spacial score (nSPS) is 10.9. The van der Waals surface area contributed by atoms with Crippen molar-refractivity contribution >= 4 is 12.4 Å². The number of para-hydroxylation sites is 2. The van der Waals surface area contributed by atoms with Crippen LogP contribution in [0.25, 0.3) is 0 Å². The number of phenols is 2. The molecule has 0 aromatic heterocycles. The molecule has 2 aromatic rings. The molecule has 0 spiro atoms. The van der Waals surface area contributed by atoms with Gasteiger partial charge in [-0.1, -0.05) is 24.3 Å². The maximum Gasteiger partial charge on any atom is 0.124 e. The first-order valence-corrected chi connectivity index (χ1v) is 6.33. The first-order valence-electron chi connectivity index (χ1n) is 6.33. The van der Waals surface area contributed by atoms with Crippen molar-refractivity contribution < 1.29 is 36.1 Å². The molecule has 2 rings (SSSR count). The van der Waals surface area contributed by atoms with E-state index in [1.807, 2.05) is 12.1 Å². The van der Waals surface area contributed by atoms with Crippen molar-refractivity contribution in [1.82, 2.24) is 0 Å². The Labute approximate surface area is 142 Å². The molecule has 0 fully saturated rings. The molecule has 0 saturated heterocycles. The minimum Gasteiger partial charge on any atom is -0.507 e. The van der Waals surface area contributed by atoms with Crippen LogP contribution in [0.2, 0.25) is 0 Å². The summed E-state index contributed by atoms with van der Waals surface area (Å²) < 4.78 is 0. The summed E-state index contributed by atoms with van der Waals surface area (Å²) in [5, 5.41) is 19.1. The van der Waals surface area contributed by atoms with E-state index in [4.69, 9.17) is 0 Å².